The molecule has 0 aliphatic heterocycles. The fraction of sp³-hybridized carbons (Fsp3) is 0.312. The third kappa shape index (κ3) is 3.06. The third-order valence-corrected chi connectivity index (χ3v) is 4.95. The molecule has 0 saturated heterocycles. The summed E-state index contributed by atoms with van der Waals surface area (Å²) in [6.45, 7) is 1.71. The van der Waals surface area contributed by atoms with E-state index in [1.54, 1.807) is 25.1 Å². The highest BCUT2D eigenvalue weighted by molar-refractivity contribution is 6.37. The Morgan fingerprint density at radius 2 is 2.00 bits per heavy atom. The van der Waals surface area contributed by atoms with Crippen LogP contribution >= 0.6 is 23.2 Å². The van der Waals surface area contributed by atoms with Crippen LogP contribution < -0.4 is 5.32 Å². The van der Waals surface area contributed by atoms with Crippen molar-refractivity contribution < 1.29 is 4.79 Å². The van der Waals surface area contributed by atoms with Crippen LogP contribution in [0.5, 0.6) is 0 Å². The quantitative estimate of drug-likeness (QED) is 0.708. The highest BCUT2D eigenvalue weighted by Gasteiger charge is 2.24. The topological polar surface area (TPSA) is 101 Å². The number of nitrogens with zero attached hydrogens (tertiary/aromatic N) is 5. The second-order valence-corrected chi connectivity index (χ2v) is 6.91. The van der Waals surface area contributed by atoms with Gasteiger partial charge < -0.3 is 0 Å². The standard InChI is InChI=1S/C16H15Cl2N7O/c1-8-19-14(24-25(8)12-10(17)6-3-7-11(12)18)15(26)21-16-20-13(22-23-16)9-4-2-5-9/h3,6-7,9H,2,4-5H2,1H3,(H2,20,21,22,23,26). The number of benzene rings is 1. The van der Waals surface area contributed by atoms with Crippen molar-refractivity contribution in [2.75, 3.05) is 5.32 Å². The molecule has 1 aliphatic rings. The largest absolute Gasteiger partial charge is 0.297 e. The lowest BCUT2D eigenvalue weighted by Crippen LogP contribution is -2.15. The average molecular weight is 392 g/mol. The van der Waals surface area contributed by atoms with Gasteiger partial charge in [-0.05, 0) is 31.9 Å². The Labute approximate surface area is 158 Å². The molecule has 26 heavy (non-hydrogen) atoms. The van der Waals surface area contributed by atoms with Crippen molar-refractivity contribution in [2.45, 2.75) is 32.1 Å². The zero-order chi connectivity index (χ0) is 18.3. The molecule has 1 aromatic carbocycles. The number of nitrogens with one attached hydrogen (secondary N) is 2. The van der Waals surface area contributed by atoms with Gasteiger partial charge in [-0.3, -0.25) is 15.2 Å². The fourth-order valence-corrected chi connectivity index (χ4v) is 3.30. The molecule has 1 amide bonds. The van der Waals surface area contributed by atoms with Gasteiger partial charge in [-0.15, -0.1) is 10.2 Å². The van der Waals surface area contributed by atoms with Crippen LogP contribution in [-0.2, 0) is 0 Å². The molecule has 1 saturated carbocycles. The molecule has 0 radical (unpaired) electrons. The first-order valence-electron chi connectivity index (χ1n) is 8.14. The van der Waals surface area contributed by atoms with Gasteiger partial charge in [0, 0.05) is 5.92 Å². The van der Waals surface area contributed by atoms with E-state index in [2.05, 4.69) is 30.6 Å². The van der Waals surface area contributed by atoms with E-state index in [-0.39, 0.29) is 11.8 Å². The molecular formula is C16H15Cl2N7O. The second kappa shape index (κ2) is 6.69. The van der Waals surface area contributed by atoms with Crippen LogP contribution in [0, 0.1) is 6.92 Å². The molecule has 134 valence electrons. The lowest BCUT2D eigenvalue weighted by atomic mass is 9.85. The monoisotopic (exact) mass is 391 g/mol. The number of hydrogen-bond acceptors (Lipinski definition) is 5. The maximum atomic E-state index is 12.4. The number of aromatic nitrogens is 6. The SMILES string of the molecule is Cc1nc(C(=O)Nc2n[nH]c(C3CCC3)n2)nn1-c1c(Cl)cccc1Cl. The van der Waals surface area contributed by atoms with Crippen molar-refractivity contribution >= 4 is 35.1 Å². The number of halogens is 2. The summed E-state index contributed by atoms with van der Waals surface area (Å²) in [5.74, 6) is 1.36. The molecule has 2 N–H and O–H groups in total. The first kappa shape index (κ1) is 17.0. The van der Waals surface area contributed by atoms with Gasteiger partial charge in [0.1, 0.15) is 17.3 Å². The Balaban J connectivity index is 1.56. The van der Waals surface area contributed by atoms with E-state index in [1.807, 2.05) is 0 Å². The number of carbonyl (C=O) groups is 1. The van der Waals surface area contributed by atoms with Gasteiger partial charge in [0.05, 0.1) is 10.0 Å². The van der Waals surface area contributed by atoms with Crippen LogP contribution in [-0.4, -0.2) is 35.9 Å². The molecule has 0 unspecified atom stereocenters. The van der Waals surface area contributed by atoms with E-state index in [4.69, 9.17) is 23.2 Å². The Kier molecular flexibility index (Phi) is 4.37. The van der Waals surface area contributed by atoms with Crippen LogP contribution in [0.25, 0.3) is 5.69 Å². The minimum absolute atomic E-state index is 0.0199. The number of anilines is 1. The Morgan fingerprint density at radius 1 is 1.27 bits per heavy atom. The number of aromatic amines is 1. The normalized spacial score (nSPS) is 14.3. The number of aryl methyl sites for hydroxylation is 1. The van der Waals surface area contributed by atoms with Crippen LogP contribution in [0.3, 0.4) is 0 Å². The van der Waals surface area contributed by atoms with E-state index >= 15 is 0 Å². The molecule has 1 aliphatic carbocycles. The summed E-state index contributed by atoms with van der Waals surface area (Å²) in [6, 6.07) is 5.12. The minimum Gasteiger partial charge on any atom is -0.286 e. The summed E-state index contributed by atoms with van der Waals surface area (Å²) in [4.78, 5) is 20.9. The van der Waals surface area contributed by atoms with Gasteiger partial charge in [-0.1, -0.05) is 35.7 Å². The molecule has 0 spiro atoms. The van der Waals surface area contributed by atoms with Crippen LogP contribution in [0.2, 0.25) is 10.0 Å². The van der Waals surface area contributed by atoms with Crippen molar-refractivity contribution in [1.82, 2.24) is 29.9 Å². The van der Waals surface area contributed by atoms with Crippen molar-refractivity contribution in [3.05, 3.63) is 45.7 Å². The zero-order valence-electron chi connectivity index (χ0n) is 13.8. The van der Waals surface area contributed by atoms with Gasteiger partial charge in [-0.2, -0.15) is 4.98 Å². The summed E-state index contributed by atoms with van der Waals surface area (Å²) < 4.78 is 1.44. The maximum Gasteiger partial charge on any atom is 0.297 e. The summed E-state index contributed by atoms with van der Waals surface area (Å²) >= 11 is 12.4. The molecular weight excluding hydrogens is 377 g/mol. The fourth-order valence-electron chi connectivity index (χ4n) is 2.74. The highest BCUT2D eigenvalue weighted by atomic mass is 35.5. The van der Waals surface area contributed by atoms with Gasteiger partial charge in [-0.25, -0.2) is 9.67 Å². The number of H-pyrrole nitrogens is 1. The number of carbonyl (C=O) groups excluding carboxylic acids is 1. The third-order valence-electron chi connectivity index (χ3n) is 4.34. The summed E-state index contributed by atoms with van der Waals surface area (Å²) in [6.07, 6.45) is 3.37. The first-order chi connectivity index (χ1) is 12.5. The van der Waals surface area contributed by atoms with Gasteiger partial charge >= 0.3 is 0 Å². The lowest BCUT2D eigenvalue weighted by Gasteiger charge is -2.22. The predicted octanol–water partition coefficient (Wildman–Crippen LogP) is 3.52. The summed E-state index contributed by atoms with van der Waals surface area (Å²) in [5, 5.41) is 14.6. The predicted molar refractivity (Wildman–Crippen MR) is 97.0 cm³/mol. The van der Waals surface area contributed by atoms with Crippen molar-refractivity contribution in [1.29, 1.82) is 0 Å². The minimum atomic E-state index is -0.505. The van der Waals surface area contributed by atoms with Crippen LogP contribution in [0.1, 0.15) is 47.4 Å². The van der Waals surface area contributed by atoms with E-state index in [0.717, 1.165) is 18.7 Å². The van der Waals surface area contributed by atoms with Gasteiger partial charge in [0.2, 0.25) is 11.8 Å². The smallest absolute Gasteiger partial charge is 0.286 e. The average Bonchev–Trinajstić information content (AvgIpc) is 3.13. The van der Waals surface area contributed by atoms with Crippen molar-refractivity contribution in [2.24, 2.45) is 0 Å². The van der Waals surface area contributed by atoms with Crippen LogP contribution in [0.15, 0.2) is 18.2 Å². The summed E-state index contributed by atoms with van der Waals surface area (Å²) in [5.41, 5.74) is 0.477. The van der Waals surface area contributed by atoms with E-state index in [0.29, 0.717) is 27.5 Å². The van der Waals surface area contributed by atoms with Crippen molar-refractivity contribution in [3.8, 4) is 5.69 Å². The number of rotatable bonds is 4. The second-order valence-electron chi connectivity index (χ2n) is 6.09. The Bertz CT molecular complexity index is 957. The number of para-hydroxylation sites is 1. The molecule has 0 bridgehead atoms. The molecule has 4 rings (SSSR count). The molecule has 1 fully saturated rings. The summed E-state index contributed by atoms with van der Waals surface area (Å²) in [7, 11) is 0. The molecule has 2 heterocycles. The van der Waals surface area contributed by atoms with Crippen molar-refractivity contribution in [3.63, 3.8) is 0 Å². The number of hydrogen-bond donors (Lipinski definition) is 2. The van der Waals surface area contributed by atoms with E-state index in [1.165, 1.54) is 11.1 Å². The van der Waals surface area contributed by atoms with Gasteiger partial charge in [0.25, 0.3) is 5.91 Å². The molecule has 3 aromatic rings. The molecule has 2 aromatic heterocycles. The Hall–Kier alpha value is -2.45. The molecule has 0 atom stereocenters. The maximum absolute atomic E-state index is 12.4. The highest BCUT2D eigenvalue weighted by Crippen LogP contribution is 2.34. The van der Waals surface area contributed by atoms with E-state index < -0.39 is 5.91 Å². The van der Waals surface area contributed by atoms with Gasteiger partial charge in [0.15, 0.2) is 0 Å². The molecule has 10 heteroatoms. The zero-order valence-corrected chi connectivity index (χ0v) is 15.3. The molecule has 8 nitrogen and oxygen atoms in total. The van der Waals surface area contributed by atoms with Crippen LogP contribution in [0.4, 0.5) is 5.95 Å². The first-order valence-corrected chi connectivity index (χ1v) is 8.90. The van der Waals surface area contributed by atoms with E-state index in [9.17, 15) is 4.79 Å². The lowest BCUT2D eigenvalue weighted by molar-refractivity contribution is 0.101. The Morgan fingerprint density at radius 3 is 2.65 bits per heavy atom. The number of amides is 1.